The summed E-state index contributed by atoms with van der Waals surface area (Å²) in [7, 11) is 0. The third-order valence-electron chi connectivity index (χ3n) is 6.27. The minimum absolute atomic E-state index is 0.0141. The first-order valence-corrected chi connectivity index (χ1v) is 11.8. The third kappa shape index (κ3) is 3.38. The fourth-order valence-corrected chi connectivity index (χ4v) is 5.25. The highest BCUT2D eigenvalue weighted by molar-refractivity contribution is 7.98. The zero-order valence-electron chi connectivity index (χ0n) is 17.9. The molecule has 0 spiro atoms. The number of rotatable bonds is 4. The summed E-state index contributed by atoms with van der Waals surface area (Å²) in [5, 5.41) is 0.557. The summed E-state index contributed by atoms with van der Waals surface area (Å²) in [4.78, 5) is 30.1. The Morgan fingerprint density at radius 1 is 1.13 bits per heavy atom. The minimum atomic E-state index is -0.469. The Morgan fingerprint density at radius 3 is 2.58 bits per heavy atom. The fraction of sp³-hybridized carbons (Fsp3) is 0.360. The maximum atomic E-state index is 13.7. The van der Waals surface area contributed by atoms with E-state index in [1.165, 1.54) is 0 Å². The number of carbonyl (C=O) groups is 1. The number of hydrogen-bond donors (Lipinski definition) is 0. The van der Waals surface area contributed by atoms with Crippen LogP contribution in [-0.2, 0) is 4.74 Å². The number of carbonyl (C=O) groups excluding carboxylic acids is 1. The molecule has 5 rings (SSSR count). The number of nitrogens with zero attached hydrogens (tertiary/aromatic N) is 1. The van der Waals surface area contributed by atoms with Gasteiger partial charge in [-0.05, 0) is 67.8 Å². The lowest BCUT2D eigenvalue weighted by atomic mass is 9.97. The topological polar surface area (TPSA) is 59.8 Å². The number of hydrogen-bond acceptors (Lipinski definition) is 5. The SMILES string of the molecule is CSc1ccc(C2c3c(oc4cc(C)cc(C)c4c3=O)C(=O)N2CC2CCCO2)cc1. The third-order valence-corrected chi connectivity index (χ3v) is 7.01. The van der Waals surface area contributed by atoms with Crippen LogP contribution in [-0.4, -0.2) is 36.3 Å². The molecule has 0 saturated carbocycles. The van der Waals surface area contributed by atoms with Gasteiger partial charge in [-0.2, -0.15) is 0 Å². The molecule has 2 unspecified atom stereocenters. The molecule has 0 radical (unpaired) electrons. The van der Waals surface area contributed by atoms with Crippen molar-refractivity contribution >= 4 is 28.6 Å². The van der Waals surface area contributed by atoms with Gasteiger partial charge in [0, 0.05) is 18.0 Å². The maximum absolute atomic E-state index is 13.7. The number of fused-ring (bicyclic) bond motifs is 2. The maximum Gasteiger partial charge on any atom is 0.291 e. The molecule has 31 heavy (non-hydrogen) atoms. The molecular formula is C25H25NO4S. The van der Waals surface area contributed by atoms with Crippen molar-refractivity contribution in [2.75, 3.05) is 19.4 Å². The van der Waals surface area contributed by atoms with E-state index in [0.717, 1.165) is 34.4 Å². The van der Waals surface area contributed by atoms with Gasteiger partial charge in [-0.15, -0.1) is 11.8 Å². The van der Waals surface area contributed by atoms with E-state index < -0.39 is 6.04 Å². The summed E-state index contributed by atoms with van der Waals surface area (Å²) < 4.78 is 11.9. The van der Waals surface area contributed by atoms with Gasteiger partial charge in [-0.25, -0.2) is 0 Å². The van der Waals surface area contributed by atoms with Crippen molar-refractivity contribution in [2.45, 2.75) is 43.7 Å². The predicted molar refractivity (Wildman–Crippen MR) is 122 cm³/mol. The van der Waals surface area contributed by atoms with Crippen LogP contribution in [0.4, 0.5) is 0 Å². The Kier molecular flexibility index (Phi) is 5.15. The van der Waals surface area contributed by atoms with Crippen molar-refractivity contribution in [3.8, 4) is 0 Å². The highest BCUT2D eigenvalue weighted by atomic mass is 32.2. The van der Waals surface area contributed by atoms with Gasteiger partial charge in [0.25, 0.3) is 5.91 Å². The standard InChI is InChI=1S/C25H25NO4S/c1-14-11-15(2)20-19(12-14)30-24-21(23(20)27)22(16-6-8-18(31-3)9-7-16)26(25(24)28)13-17-5-4-10-29-17/h6-9,11-12,17,22H,4-5,10,13H2,1-3H3. The van der Waals surface area contributed by atoms with Crippen LogP contribution in [0.1, 0.15) is 51.7 Å². The summed E-state index contributed by atoms with van der Waals surface area (Å²) >= 11 is 1.66. The molecule has 0 bridgehead atoms. The monoisotopic (exact) mass is 435 g/mol. The minimum Gasteiger partial charge on any atom is -0.450 e. The van der Waals surface area contributed by atoms with E-state index in [1.807, 2.05) is 56.5 Å². The second kappa shape index (κ2) is 7.84. The van der Waals surface area contributed by atoms with E-state index in [4.69, 9.17) is 9.15 Å². The molecule has 0 N–H and O–H groups in total. The lowest BCUT2D eigenvalue weighted by Crippen LogP contribution is -2.36. The fourth-order valence-electron chi connectivity index (χ4n) is 4.84. The van der Waals surface area contributed by atoms with Gasteiger partial charge in [0.15, 0.2) is 5.43 Å². The normalized spacial score (nSPS) is 20.6. The molecule has 3 aromatic rings. The largest absolute Gasteiger partial charge is 0.450 e. The van der Waals surface area contributed by atoms with Crippen LogP contribution in [0, 0.1) is 13.8 Å². The molecule has 1 aromatic heterocycles. The van der Waals surface area contributed by atoms with Crippen LogP contribution >= 0.6 is 11.8 Å². The molecule has 3 heterocycles. The van der Waals surface area contributed by atoms with Gasteiger partial charge in [-0.3, -0.25) is 9.59 Å². The van der Waals surface area contributed by atoms with Crippen molar-refractivity contribution in [1.82, 2.24) is 4.90 Å². The van der Waals surface area contributed by atoms with E-state index in [1.54, 1.807) is 16.7 Å². The molecule has 2 aliphatic rings. The zero-order valence-corrected chi connectivity index (χ0v) is 18.8. The van der Waals surface area contributed by atoms with E-state index in [9.17, 15) is 9.59 Å². The van der Waals surface area contributed by atoms with Crippen LogP contribution in [0.25, 0.3) is 11.0 Å². The van der Waals surface area contributed by atoms with Crippen LogP contribution in [0.5, 0.6) is 0 Å². The average Bonchev–Trinajstić information content (AvgIpc) is 3.35. The van der Waals surface area contributed by atoms with Crippen LogP contribution in [0.15, 0.2) is 50.5 Å². The molecule has 2 atom stereocenters. The molecule has 1 amide bonds. The number of aryl methyl sites for hydroxylation is 2. The van der Waals surface area contributed by atoms with Crippen molar-refractivity contribution in [1.29, 1.82) is 0 Å². The van der Waals surface area contributed by atoms with E-state index in [2.05, 4.69) is 0 Å². The smallest absolute Gasteiger partial charge is 0.291 e. The molecule has 0 aliphatic carbocycles. The van der Waals surface area contributed by atoms with Crippen molar-refractivity contribution in [3.63, 3.8) is 0 Å². The molecule has 5 nitrogen and oxygen atoms in total. The average molecular weight is 436 g/mol. The number of benzene rings is 2. The summed E-state index contributed by atoms with van der Waals surface area (Å²) in [6.45, 7) is 5.04. The predicted octanol–water partition coefficient (Wildman–Crippen LogP) is 4.86. The van der Waals surface area contributed by atoms with Crippen molar-refractivity contribution in [3.05, 3.63) is 74.6 Å². The summed E-state index contributed by atoms with van der Waals surface area (Å²) in [5.41, 5.74) is 3.59. The van der Waals surface area contributed by atoms with E-state index >= 15 is 0 Å². The molecule has 2 aliphatic heterocycles. The first-order chi connectivity index (χ1) is 15.0. The quantitative estimate of drug-likeness (QED) is 0.548. The molecule has 6 heteroatoms. The van der Waals surface area contributed by atoms with Gasteiger partial charge in [0.1, 0.15) is 5.58 Å². The lowest BCUT2D eigenvalue weighted by molar-refractivity contribution is 0.0486. The molecule has 1 saturated heterocycles. The first-order valence-electron chi connectivity index (χ1n) is 10.6. The first kappa shape index (κ1) is 20.3. The summed E-state index contributed by atoms with van der Waals surface area (Å²) in [6, 6.07) is 11.4. The highest BCUT2D eigenvalue weighted by Gasteiger charge is 2.44. The Morgan fingerprint density at radius 2 is 1.90 bits per heavy atom. The Labute approximate surface area is 185 Å². The zero-order chi connectivity index (χ0) is 21.7. The van der Waals surface area contributed by atoms with Gasteiger partial charge in [0.2, 0.25) is 5.76 Å². The Balaban J connectivity index is 1.71. The number of thioether (sulfide) groups is 1. The van der Waals surface area contributed by atoms with E-state index in [0.29, 0.717) is 29.7 Å². The van der Waals surface area contributed by atoms with Gasteiger partial charge >= 0.3 is 0 Å². The van der Waals surface area contributed by atoms with Gasteiger partial charge < -0.3 is 14.1 Å². The van der Waals surface area contributed by atoms with Crippen molar-refractivity contribution in [2.24, 2.45) is 0 Å². The molecule has 160 valence electrons. The second-order valence-corrected chi connectivity index (χ2v) is 9.28. The number of ether oxygens (including phenoxy) is 1. The molecular weight excluding hydrogens is 410 g/mol. The van der Waals surface area contributed by atoms with E-state index in [-0.39, 0.29) is 23.2 Å². The van der Waals surface area contributed by atoms with Gasteiger partial charge in [-0.1, -0.05) is 18.2 Å². The van der Waals surface area contributed by atoms with Crippen LogP contribution < -0.4 is 5.43 Å². The molecule has 1 fully saturated rings. The lowest BCUT2D eigenvalue weighted by Gasteiger charge is -2.27. The Hall–Kier alpha value is -2.57. The number of amides is 1. The van der Waals surface area contributed by atoms with Gasteiger partial charge in [0.05, 0.1) is 23.1 Å². The van der Waals surface area contributed by atoms with Crippen LogP contribution in [0.3, 0.4) is 0 Å². The highest BCUT2D eigenvalue weighted by Crippen LogP contribution is 2.39. The van der Waals surface area contributed by atoms with Crippen LogP contribution in [0.2, 0.25) is 0 Å². The molecule has 2 aromatic carbocycles. The summed E-state index contributed by atoms with van der Waals surface area (Å²) in [5.74, 6) is -0.0676. The summed E-state index contributed by atoms with van der Waals surface area (Å²) in [6.07, 6.45) is 3.92. The Bertz CT molecular complexity index is 1220. The van der Waals surface area contributed by atoms with Crippen molar-refractivity contribution < 1.29 is 13.9 Å². The second-order valence-electron chi connectivity index (χ2n) is 8.40.